The van der Waals surface area contributed by atoms with Crippen LogP contribution >= 0.6 is 11.6 Å². The predicted molar refractivity (Wildman–Crippen MR) is 102 cm³/mol. The van der Waals surface area contributed by atoms with E-state index in [2.05, 4.69) is 25.9 Å². The number of rotatable bonds is 3. The zero-order valence-corrected chi connectivity index (χ0v) is 15.7. The monoisotopic (exact) mass is 383 g/mol. The van der Waals surface area contributed by atoms with E-state index in [1.165, 1.54) is 0 Å². The smallest absolute Gasteiger partial charge is 0.356 e. The Balaban J connectivity index is 1.68. The van der Waals surface area contributed by atoms with Crippen molar-refractivity contribution in [3.8, 4) is 11.3 Å². The molecule has 7 nitrogen and oxygen atoms in total. The van der Waals surface area contributed by atoms with Gasteiger partial charge in [-0.2, -0.15) is 0 Å². The van der Waals surface area contributed by atoms with Crippen molar-refractivity contribution in [3.05, 3.63) is 58.4 Å². The Kier molecular flexibility index (Phi) is 4.31. The van der Waals surface area contributed by atoms with Crippen LogP contribution in [0.2, 0.25) is 5.02 Å². The summed E-state index contributed by atoms with van der Waals surface area (Å²) in [6, 6.07) is 4.01. The second-order valence-electron chi connectivity index (χ2n) is 6.66. The fourth-order valence-electron chi connectivity index (χ4n) is 3.33. The normalized spacial score (nSPS) is 13.5. The number of nitrogens with zero attached hydrogens (tertiary/aromatic N) is 5. The van der Waals surface area contributed by atoms with E-state index in [-0.39, 0.29) is 5.69 Å². The van der Waals surface area contributed by atoms with Gasteiger partial charge in [0.25, 0.3) is 0 Å². The third-order valence-electron chi connectivity index (χ3n) is 4.66. The maximum absolute atomic E-state index is 11.1. The van der Waals surface area contributed by atoms with Crippen LogP contribution in [0.25, 0.3) is 11.3 Å². The van der Waals surface area contributed by atoms with Gasteiger partial charge in [-0.15, -0.1) is 0 Å². The summed E-state index contributed by atoms with van der Waals surface area (Å²) in [6.45, 7) is 5.86. The van der Waals surface area contributed by atoms with Crippen LogP contribution in [0.4, 0.5) is 5.82 Å². The van der Waals surface area contributed by atoms with Crippen LogP contribution in [0.3, 0.4) is 0 Å². The number of carboxylic acid groups (broad SMARTS) is 1. The number of carboxylic acids is 1. The average Bonchev–Trinajstić information content (AvgIpc) is 3.06. The number of carbonyl (C=O) groups is 1. The van der Waals surface area contributed by atoms with Crippen LogP contribution in [0, 0.1) is 13.8 Å². The molecule has 4 heterocycles. The quantitative estimate of drug-likeness (QED) is 0.746. The summed E-state index contributed by atoms with van der Waals surface area (Å²) in [5.74, 6) is 0.458. The highest BCUT2D eigenvalue weighted by atomic mass is 35.5. The van der Waals surface area contributed by atoms with Gasteiger partial charge in [-0.25, -0.2) is 14.8 Å². The van der Waals surface area contributed by atoms with Crippen LogP contribution in [0.15, 0.2) is 30.7 Å². The van der Waals surface area contributed by atoms with E-state index in [1.54, 1.807) is 12.4 Å². The van der Waals surface area contributed by atoms with Gasteiger partial charge >= 0.3 is 5.97 Å². The number of aryl methyl sites for hydroxylation is 2. The largest absolute Gasteiger partial charge is 0.476 e. The van der Waals surface area contributed by atoms with Crippen molar-refractivity contribution in [2.45, 2.75) is 26.9 Å². The molecule has 0 aromatic carbocycles. The molecule has 0 radical (unpaired) electrons. The summed E-state index contributed by atoms with van der Waals surface area (Å²) in [5.41, 5.74) is 3.88. The number of fused-ring (bicyclic) bond motifs is 1. The summed E-state index contributed by atoms with van der Waals surface area (Å²) in [7, 11) is 0. The van der Waals surface area contributed by atoms with E-state index in [0.717, 1.165) is 28.2 Å². The standard InChI is InChI=1S/C19H18ClN5O2/c1-11-5-12(2)18(22-7-11)13-6-16(21-8-14(13)20)25-4-3-24-9-15(19(26)27)23-17(24)10-25/h5-9H,3-4,10H2,1-2H3,(H,26,27). The van der Waals surface area contributed by atoms with Gasteiger partial charge < -0.3 is 14.6 Å². The average molecular weight is 384 g/mol. The van der Waals surface area contributed by atoms with E-state index in [0.29, 0.717) is 30.5 Å². The zero-order valence-electron chi connectivity index (χ0n) is 15.0. The second-order valence-corrected chi connectivity index (χ2v) is 7.07. The van der Waals surface area contributed by atoms with E-state index in [1.807, 2.05) is 30.7 Å². The Hall–Kier alpha value is -2.93. The van der Waals surface area contributed by atoms with Crippen molar-refractivity contribution in [2.75, 3.05) is 11.4 Å². The Morgan fingerprint density at radius 2 is 2.00 bits per heavy atom. The molecule has 138 valence electrons. The molecule has 4 rings (SSSR count). The molecule has 0 spiro atoms. The molecule has 27 heavy (non-hydrogen) atoms. The number of hydrogen-bond donors (Lipinski definition) is 1. The van der Waals surface area contributed by atoms with Gasteiger partial charge in [-0.1, -0.05) is 17.7 Å². The van der Waals surface area contributed by atoms with Gasteiger partial charge in [0.2, 0.25) is 0 Å². The minimum Gasteiger partial charge on any atom is -0.476 e. The second kappa shape index (κ2) is 6.66. The molecule has 0 aliphatic carbocycles. The molecular weight excluding hydrogens is 366 g/mol. The molecule has 8 heteroatoms. The number of halogens is 1. The molecule has 0 unspecified atom stereocenters. The Bertz CT molecular complexity index is 1050. The third kappa shape index (κ3) is 3.26. The SMILES string of the molecule is Cc1cnc(-c2cc(N3CCn4cc(C(=O)O)nc4C3)ncc2Cl)c(C)c1. The van der Waals surface area contributed by atoms with Crippen molar-refractivity contribution < 1.29 is 9.90 Å². The first-order valence-electron chi connectivity index (χ1n) is 8.56. The summed E-state index contributed by atoms with van der Waals surface area (Å²) in [6.07, 6.45) is 5.04. The Morgan fingerprint density at radius 1 is 1.19 bits per heavy atom. The predicted octanol–water partition coefficient (Wildman–Crippen LogP) is 3.33. The molecule has 3 aromatic heterocycles. The van der Waals surface area contributed by atoms with Crippen LogP contribution in [0.5, 0.6) is 0 Å². The minimum absolute atomic E-state index is 0.0658. The first-order chi connectivity index (χ1) is 12.9. The maximum atomic E-state index is 11.1. The van der Waals surface area contributed by atoms with E-state index >= 15 is 0 Å². The summed E-state index contributed by atoms with van der Waals surface area (Å²) >= 11 is 6.40. The number of imidazole rings is 1. The van der Waals surface area contributed by atoms with Crippen LogP contribution < -0.4 is 4.90 Å². The lowest BCUT2D eigenvalue weighted by molar-refractivity contribution is 0.0691. The molecule has 0 amide bonds. The van der Waals surface area contributed by atoms with E-state index in [9.17, 15) is 4.79 Å². The topological polar surface area (TPSA) is 84.1 Å². The lowest BCUT2D eigenvalue weighted by atomic mass is 10.1. The highest BCUT2D eigenvalue weighted by Crippen LogP contribution is 2.32. The Labute approximate surface area is 161 Å². The van der Waals surface area contributed by atoms with Crippen molar-refractivity contribution >= 4 is 23.4 Å². The van der Waals surface area contributed by atoms with Gasteiger partial charge in [0.1, 0.15) is 11.6 Å². The van der Waals surface area contributed by atoms with Gasteiger partial charge in [0.05, 0.1) is 17.3 Å². The number of hydrogen-bond acceptors (Lipinski definition) is 5. The first kappa shape index (κ1) is 17.5. The molecule has 1 N–H and O–H groups in total. The lowest BCUT2D eigenvalue weighted by Crippen LogP contribution is -2.34. The molecular formula is C19H18ClN5O2. The highest BCUT2D eigenvalue weighted by molar-refractivity contribution is 6.33. The van der Waals surface area contributed by atoms with Gasteiger partial charge in [-0.05, 0) is 31.0 Å². The fourth-order valence-corrected chi connectivity index (χ4v) is 3.52. The zero-order chi connectivity index (χ0) is 19.1. The number of aromatic carboxylic acids is 1. The first-order valence-corrected chi connectivity index (χ1v) is 8.93. The molecule has 0 fully saturated rings. The van der Waals surface area contributed by atoms with E-state index < -0.39 is 5.97 Å². The molecule has 0 bridgehead atoms. The van der Waals surface area contributed by atoms with Crippen LogP contribution in [-0.4, -0.2) is 37.1 Å². The third-order valence-corrected chi connectivity index (χ3v) is 4.96. The highest BCUT2D eigenvalue weighted by Gasteiger charge is 2.22. The number of anilines is 1. The van der Waals surface area contributed by atoms with Crippen LogP contribution in [-0.2, 0) is 13.1 Å². The molecule has 1 aliphatic heterocycles. The van der Waals surface area contributed by atoms with Crippen LogP contribution in [0.1, 0.15) is 27.4 Å². The minimum atomic E-state index is -1.02. The Morgan fingerprint density at radius 3 is 2.74 bits per heavy atom. The molecule has 0 saturated heterocycles. The lowest BCUT2D eigenvalue weighted by Gasteiger charge is -2.29. The molecule has 1 aliphatic rings. The fraction of sp³-hybridized carbons (Fsp3) is 0.263. The molecule has 0 atom stereocenters. The van der Waals surface area contributed by atoms with E-state index in [4.69, 9.17) is 16.7 Å². The van der Waals surface area contributed by atoms with Crippen molar-refractivity contribution in [1.82, 2.24) is 19.5 Å². The van der Waals surface area contributed by atoms with Crippen molar-refractivity contribution in [1.29, 1.82) is 0 Å². The van der Waals surface area contributed by atoms with Crippen molar-refractivity contribution in [2.24, 2.45) is 0 Å². The summed E-state index contributed by atoms with van der Waals surface area (Å²) < 4.78 is 1.88. The summed E-state index contributed by atoms with van der Waals surface area (Å²) in [4.78, 5) is 26.4. The number of pyridine rings is 2. The maximum Gasteiger partial charge on any atom is 0.356 e. The number of aromatic nitrogens is 4. The molecule has 0 saturated carbocycles. The van der Waals surface area contributed by atoms with Crippen molar-refractivity contribution in [3.63, 3.8) is 0 Å². The van der Waals surface area contributed by atoms with Gasteiger partial charge in [0, 0.05) is 37.2 Å². The molecule has 3 aromatic rings. The van der Waals surface area contributed by atoms with Gasteiger partial charge in [0.15, 0.2) is 5.69 Å². The van der Waals surface area contributed by atoms with Gasteiger partial charge in [-0.3, -0.25) is 4.98 Å². The summed E-state index contributed by atoms with van der Waals surface area (Å²) in [5, 5.41) is 9.68.